The van der Waals surface area contributed by atoms with Gasteiger partial charge in [-0.3, -0.25) is 9.48 Å². The summed E-state index contributed by atoms with van der Waals surface area (Å²) in [6.45, 7) is 4.82. The number of benzene rings is 3. The minimum absolute atomic E-state index is 0.722. The van der Waals surface area contributed by atoms with Gasteiger partial charge in [0.1, 0.15) is 5.69 Å². The van der Waals surface area contributed by atoms with Crippen LogP contribution in [0.5, 0.6) is 0 Å². The first-order chi connectivity index (χ1) is 14.7. The quantitative estimate of drug-likeness (QED) is 0.523. The molecule has 2 aliphatic heterocycles. The fraction of sp³-hybridized carbons (Fsp3) is 0.208. The van der Waals surface area contributed by atoms with Gasteiger partial charge in [-0.25, -0.2) is 5.32 Å². The van der Waals surface area contributed by atoms with Crippen molar-refractivity contribution in [2.24, 2.45) is 0 Å². The summed E-state index contributed by atoms with van der Waals surface area (Å²) >= 11 is 12.4. The molecule has 1 saturated heterocycles. The highest BCUT2D eigenvalue weighted by Gasteiger charge is 2.28. The third kappa shape index (κ3) is 4.04. The average Bonchev–Trinajstić information content (AvgIpc) is 2.91. The van der Waals surface area contributed by atoms with E-state index in [1.807, 2.05) is 30.3 Å². The lowest BCUT2D eigenvalue weighted by molar-refractivity contribution is -0.539. The summed E-state index contributed by atoms with van der Waals surface area (Å²) in [5.74, 6) is 1.13. The topological polar surface area (TPSA) is 30.3 Å². The Morgan fingerprint density at radius 1 is 0.767 bits per heavy atom. The molecule has 0 unspecified atom stereocenters. The lowest BCUT2D eigenvalue weighted by atomic mass is 10.1. The summed E-state index contributed by atoms with van der Waals surface area (Å²) in [5.41, 5.74) is 5.56. The molecule has 0 amide bonds. The number of halogens is 2. The molecule has 0 aliphatic carbocycles. The van der Waals surface area contributed by atoms with Crippen LogP contribution >= 0.6 is 23.2 Å². The van der Waals surface area contributed by atoms with Crippen molar-refractivity contribution in [1.82, 2.24) is 4.90 Å². The Kier molecular flexibility index (Phi) is 5.38. The number of para-hydroxylation sites is 1. The van der Waals surface area contributed by atoms with Crippen LogP contribution in [-0.2, 0) is 6.54 Å². The first-order valence-corrected chi connectivity index (χ1v) is 10.9. The van der Waals surface area contributed by atoms with Gasteiger partial charge < -0.3 is 5.32 Å². The molecule has 30 heavy (non-hydrogen) atoms. The average molecular weight is 438 g/mol. The van der Waals surface area contributed by atoms with E-state index in [-0.39, 0.29) is 0 Å². The molecule has 2 N–H and O–H groups in total. The van der Waals surface area contributed by atoms with Crippen LogP contribution in [0.15, 0.2) is 66.7 Å². The minimum atomic E-state index is 0.722. The Labute approximate surface area is 186 Å². The second kappa shape index (κ2) is 8.31. The molecule has 0 spiro atoms. The molecule has 0 saturated carbocycles. The van der Waals surface area contributed by atoms with Crippen molar-refractivity contribution in [3.05, 3.63) is 87.9 Å². The summed E-state index contributed by atoms with van der Waals surface area (Å²) in [6, 6.07) is 22.5. The second-order valence-electron chi connectivity index (χ2n) is 7.73. The van der Waals surface area contributed by atoms with Gasteiger partial charge in [-0.15, -0.1) is 0 Å². The van der Waals surface area contributed by atoms with Gasteiger partial charge in [0.2, 0.25) is 0 Å². The Hall–Kier alpha value is -2.53. The number of amidine groups is 1. The zero-order valence-electron chi connectivity index (χ0n) is 16.5. The summed E-state index contributed by atoms with van der Waals surface area (Å²) < 4.78 is 2.44. The molecular weight excluding hydrogens is 415 g/mol. The Morgan fingerprint density at radius 3 is 2.40 bits per heavy atom. The number of hydrogen-bond donors (Lipinski definition) is 2. The lowest BCUT2D eigenvalue weighted by Crippen LogP contribution is -2.45. The molecule has 0 radical (unpaired) electrons. The van der Waals surface area contributed by atoms with Crippen LogP contribution < -0.4 is 10.6 Å². The smallest absolute Gasteiger partial charge is 0.284 e. The molecule has 1 fully saturated rings. The van der Waals surface area contributed by atoms with Crippen molar-refractivity contribution in [3.8, 4) is 0 Å². The highest BCUT2D eigenvalue weighted by Crippen LogP contribution is 2.34. The van der Waals surface area contributed by atoms with Gasteiger partial charge in [0.25, 0.3) is 5.84 Å². The third-order valence-electron chi connectivity index (χ3n) is 5.67. The Balaban J connectivity index is 1.42. The lowest BCUT2D eigenvalue weighted by Gasteiger charge is -2.28. The summed E-state index contributed by atoms with van der Waals surface area (Å²) in [4.78, 5) is 2.48. The Morgan fingerprint density at radius 2 is 1.57 bits per heavy atom. The van der Waals surface area contributed by atoms with Gasteiger partial charge in [0, 0.05) is 35.7 Å². The van der Waals surface area contributed by atoms with E-state index in [1.54, 1.807) is 0 Å². The fourth-order valence-corrected chi connectivity index (χ4v) is 4.52. The fourth-order valence-electron chi connectivity index (χ4n) is 4.14. The predicted molar refractivity (Wildman–Crippen MR) is 126 cm³/mol. The van der Waals surface area contributed by atoms with Crippen LogP contribution in [0.3, 0.4) is 0 Å². The SMILES string of the molecule is Clc1cccc(CN2CC[N+](=C3Nc4cc(Cl)ccc4Nc4ccccc43)CC2)c1. The van der Waals surface area contributed by atoms with Crippen molar-refractivity contribution < 1.29 is 4.58 Å². The maximum atomic E-state index is 6.28. The van der Waals surface area contributed by atoms with Crippen LogP contribution in [0.2, 0.25) is 10.0 Å². The molecule has 3 aromatic rings. The van der Waals surface area contributed by atoms with Gasteiger partial charge in [-0.2, -0.15) is 0 Å². The molecule has 4 nitrogen and oxygen atoms in total. The van der Waals surface area contributed by atoms with Gasteiger partial charge in [0.15, 0.2) is 0 Å². The van der Waals surface area contributed by atoms with E-state index < -0.39 is 0 Å². The summed E-state index contributed by atoms with van der Waals surface area (Å²) in [5, 5.41) is 8.73. The van der Waals surface area contributed by atoms with Crippen LogP contribution in [-0.4, -0.2) is 41.5 Å². The van der Waals surface area contributed by atoms with E-state index in [1.165, 1.54) is 11.1 Å². The predicted octanol–water partition coefficient (Wildman–Crippen LogP) is 5.44. The minimum Gasteiger partial charge on any atom is -0.351 e. The first-order valence-electron chi connectivity index (χ1n) is 10.2. The number of nitrogens with zero attached hydrogens (tertiary/aromatic N) is 2. The molecule has 152 valence electrons. The molecule has 6 heteroatoms. The largest absolute Gasteiger partial charge is 0.351 e. The highest BCUT2D eigenvalue weighted by atomic mass is 35.5. The van der Waals surface area contributed by atoms with E-state index in [0.29, 0.717) is 0 Å². The van der Waals surface area contributed by atoms with Crippen LogP contribution in [0.25, 0.3) is 0 Å². The third-order valence-corrected chi connectivity index (χ3v) is 6.14. The van der Waals surface area contributed by atoms with E-state index in [9.17, 15) is 0 Å². The normalized spacial score (nSPS) is 16.2. The summed E-state index contributed by atoms with van der Waals surface area (Å²) in [6.07, 6.45) is 0. The van der Waals surface area contributed by atoms with Crippen molar-refractivity contribution in [1.29, 1.82) is 0 Å². The monoisotopic (exact) mass is 437 g/mol. The zero-order valence-corrected chi connectivity index (χ0v) is 18.0. The van der Waals surface area contributed by atoms with Gasteiger partial charge >= 0.3 is 0 Å². The van der Waals surface area contributed by atoms with Gasteiger partial charge in [-0.05, 0) is 42.0 Å². The molecule has 0 atom stereocenters. The van der Waals surface area contributed by atoms with Crippen LogP contribution in [0, 0.1) is 0 Å². The van der Waals surface area contributed by atoms with Gasteiger partial charge in [0.05, 0.1) is 30.0 Å². The molecule has 0 aromatic heterocycles. The second-order valence-corrected chi connectivity index (χ2v) is 8.60. The molecule has 3 aromatic carbocycles. The Bertz CT molecular complexity index is 1120. The maximum Gasteiger partial charge on any atom is 0.284 e. The van der Waals surface area contributed by atoms with Crippen molar-refractivity contribution in [3.63, 3.8) is 0 Å². The zero-order chi connectivity index (χ0) is 20.5. The standard InChI is InChI=1S/C24H22Cl2N4/c25-18-5-3-4-17(14-18)16-29-10-12-30(13-11-29)24-20-6-1-2-7-21(20)27-22-9-8-19(26)15-23(22)28-24/h1-9,14-15H,10-13,16H2,(H,27,28)/p+1. The van der Waals surface area contributed by atoms with E-state index in [0.717, 1.165) is 65.7 Å². The first kappa shape index (κ1) is 19.4. The van der Waals surface area contributed by atoms with Crippen LogP contribution in [0.4, 0.5) is 17.1 Å². The number of anilines is 3. The maximum absolute atomic E-state index is 6.28. The van der Waals surface area contributed by atoms with Crippen molar-refractivity contribution >= 4 is 46.1 Å². The summed E-state index contributed by atoms with van der Waals surface area (Å²) in [7, 11) is 0. The van der Waals surface area contributed by atoms with Gasteiger partial charge in [-0.1, -0.05) is 47.5 Å². The van der Waals surface area contributed by atoms with E-state index >= 15 is 0 Å². The number of fused-ring (bicyclic) bond motifs is 2. The molecule has 2 heterocycles. The molecule has 0 bridgehead atoms. The number of nitrogens with one attached hydrogen (secondary N) is 2. The van der Waals surface area contributed by atoms with Crippen molar-refractivity contribution in [2.45, 2.75) is 6.54 Å². The number of piperazine rings is 1. The number of hydrogen-bond acceptors (Lipinski definition) is 2. The van der Waals surface area contributed by atoms with Crippen LogP contribution in [0.1, 0.15) is 11.1 Å². The van der Waals surface area contributed by atoms with Crippen molar-refractivity contribution in [2.75, 3.05) is 36.8 Å². The molecule has 2 aliphatic rings. The van der Waals surface area contributed by atoms with E-state index in [2.05, 4.69) is 56.5 Å². The molecule has 5 rings (SSSR count). The number of rotatable bonds is 2. The van der Waals surface area contributed by atoms with E-state index in [4.69, 9.17) is 23.2 Å². The molecular formula is C24H23Cl2N4+. The highest BCUT2D eigenvalue weighted by molar-refractivity contribution is 6.31.